The van der Waals surface area contributed by atoms with Crippen molar-refractivity contribution in [1.29, 1.82) is 0 Å². The summed E-state index contributed by atoms with van der Waals surface area (Å²) >= 11 is 0. The fraction of sp³-hybridized carbons (Fsp3) is 0.500. The third-order valence-electron chi connectivity index (χ3n) is 3.22. The van der Waals surface area contributed by atoms with Gasteiger partial charge in [0.25, 0.3) is 0 Å². The lowest BCUT2D eigenvalue weighted by Crippen LogP contribution is -2.42. The fourth-order valence-electron chi connectivity index (χ4n) is 2.07. The predicted octanol–water partition coefficient (Wildman–Crippen LogP) is 2.96. The molecule has 0 bridgehead atoms. The van der Waals surface area contributed by atoms with Crippen molar-refractivity contribution in [1.82, 2.24) is 5.32 Å². The summed E-state index contributed by atoms with van der Waals surface area (Å²) in [6, 6.07) is 5.09. The van der Waals surface area contributed by atoms with Gasteiger partial charge in [-0.2, -0.15) is 13.2 Å². The molecule has 0 spiro atoms. The van der Waals surface area contributed by atoms with Crippen LogP contribution in [0.3, 0.4) is 0 Å². The normalized spacial score (nSPS) is 11.5. The van der Waals surface area contributed by atoms with Crippen LogP contribution in [-0.2, 0) is 14.3 Å². The van der Waals surface area contributed by atoms with Crippen LogP contribution < -0.4 is 15.0 Å². The number of amides is 2. The summed E-state index contributed by atoms with van der Waals surface area (Å²) in [5.41, 5.74) is -0.756. The van der Waals surface area contributed by atoms with E-state index in [1.807, 2.05) is 0 Å². The number of alkyl carbamates (subject to hydrolysis) is 1. The van der Waals surface area contributed by atoms with E-state index in [0.29, 0.717) is 4.90 Å². The molecule has 0 aromatic heterocycles. The van der Waals surface area contributed by atoms with Gasteiger partial charge in [0.05, 0.1) is 13.0 Å². The topological polar surface area (TPSA) is 105 Å². The van der Waals surface area contributed by atoms with Gasteiger partial charge in [-0.3, -0.25) is 9.59 Å². The largest absolute Gasteiger partial charge is 0.492 e. The van der Waals surface area contributed by atoms with Crippen LogP contribution in [0.5, 0.6) is 5.75 Å². The molecular weight excluding hydrogens is 397 g/mol. The Morgan fingerprint density at radius 1 is 1.10 bits per heavy atom. The number of alkyl halides is 3. The fourth-order valence-corrected chi connectivity index (χ4v) is 2.07. The quantitative estimate of drug-likeness (QED) is 0.627. The Morgan fingerprint density at radius 3 is 2.17 bits per heavy atom. The highest BCUT2D eigenvalue weighted by molar-refractivity contribution is 5.97. The Bertz CT molecular complexity index is 714. The van der Waals surface area contributed by atoms with Crippen LogP contribution in [-0.4, -0.2) is 54.5 Å². The number of ether oxygens (including phenoxy) is 2. The van der Waals surface area contributed by atoms with Gasteiger partial charge in [-0.15, -0.1) is 0 Å². The third-order valence-corrected chi connectivity index (χ3v) is 3.22. The Morgan fingerprint density at radius 2 is 1.69 bits per heavy atom. The standard InChI is InChI=1S/C18H23F3N2O6/c1-17(2,3)29-16(27)22-9-11-28-13-6-4-12(5-7-13)23(10-8-14(24)25)15(26)18(19,20)21/h4-7H,8-11H2,1-3H3,(H,22,27)(H,24,25). The number of carboxylic acid groups (broad SMARTS) is 1. The van der Waals surface area contributed by atoms with Crippen LogP contribution in [0.4, 0.5) is 23.7 Å². The zero-order chi connectivity index (χ0) is 22.2. The summed E-state index contributed by atoms with van der Waals surface area (Å²) in [6.45, 7) is 4.72. The number of anilines is 1. The van der Waals surface area contributed by atoms with Crippen molar-refractivity contribution < 1.29 is 42.1 Å². The molecule has 2 N–H and O–H groups in total. The molecule has 1 rings (SSSR count). The zero-order valence-electron chi connectivity index (χ0n) is 16.2. The van der Waals surface area contributed by atoms with Crippen LogP contribution in [0.25, 0.3) is 0 Å². The minimum atomic E-state index is -5.14. The molecule has 162 valence electrons. The van der Waals surface area contributed by atoms with Gasteiger partial charge in [-0.25, -0.2) is 4.79 Å². The molecule has 8 nitrogen and oxygen atoms in total. The molecule has 11 heteroatoms. The molecule has 0 aliphatic carbocycles. The summed E-state index contributed by atoms with van der Waals surface area (Å²) in [6.07, 6.45) is -6.39. The molecule has 0 atom stereocenters. The van der Waals surface area contributed by atoms with Crippen LogP contribution in [0.1, 0.15) is 27.2 Å². The second-order valence-electron chi connectivity index (χ2n) is 6.87. The molecule has 1 aromatic carbocycles. The van der Waals surface area contributed by atoms with Crippen molar-refractivity contribution in [2.24, 2.45) is 0 Å². The first-order valence-corrected chi connectivity index (χ1v) is 8.60. The maximum absolute atomic E-state index is 12.8. The van der Waals surface area contributed by atoms with Gasteiger partial charge in [0, 0.05) is 12.2 Å². The van der Waals surface area contributed by atoms with E-state index in [1.54, 1.807) is 20.8 Å². The van der Waals surface area contributed by atoms with Crippen molar-refractivity contribution >= 4 is 23.7 Å². The monoisotopic (exact) mass is 420 g/mol. The van der Waals surface area contributed by atoms with Crippen molar-refractivity contribution in [3.8, 4) is 5.75 Å². The summed E-state index contributed by atoms with van der Waals surface area (Å²) in [4.78, 5) is 34.0. The van der Waals surface area contributed by atoms with E-state index in [4.69, 9.17) is 14.6 Å². The molecule has 0 aliphatic rings. The third kappa shape index (κ3) is 9.17. The number of nitrogens with one attached hydrogen (secondary N) is 1. The first-order chi connectivity index (χ1) is 13.3. The average molecular weight is 420 g/mol. The van der Waals surface area contributed by atoms with Gasteiger partial charge in [0.1, 0.15) is 18.0 Å². The highest BCUT2D eigenvalue weighted by Gasteiger charge is 2.43. The maximum atomic E-state index is 12.8. The van der Waals surface area contributed by atoms with E-state index in [2.05, 4.69) is 5.32 Å². The van der Waals surface area contributed by atoms with E-state index in [-0.39, 0.29) is 24.6 Å². The lowest BCUT2D eigenvalue weighted by atomic mass is 10.2. The number of halogens is 3. The lowest BCUT2D eigenvalue weighted by Gasteiger charge is -2.23. The Balaban J connectivity index is 2.66. The number of hydrogen-bond acceptors (Lipinski definition) is 5. The minimum absolute atomic E-state index is 0.0722. The van der Waals surface area contributed by atoms with Gasteiger partial charge in [-0.05, 0) is 45.0 Å². The first-order valence-electron chi connectivity index (χ1n) is 8.60. The molecule has 0 radical (unpaired) electrons. The summed E-state index contributed by atoms with van der Waals surface area (Å²) < 4.78 is 48.7. The number of nitrogens with zero attached hydrogens (tertiary/aromatic N) is 1. The molecule has 0 heterocycles. The van der Waals surface area contributed by atoms with E-state index >= 15 is 0 Å². The van der Waals surface area contributed by atoms with E-state index in [1.165, 1.54) is 24.3 Å². The SMILES string of the molecule is CC(C)(C)OC(=O)NCCOc1ccc(N(CCC(=O)O)C(=O)C(F)(F)F)cc1. The van der Waals surface area contributed by atoms with Gasteiger partial charge in [-0.1, -0.05) is 0 Å². The van der Waals surface area contributed by atoms with Crippen LogP contribution in [0.15, 0.2) is 24.3 Å². The van der Waals surface area contributed by atoms with Crippen molar-refractivity contribution in [2.75, 3.05) is 24.6 Å². The molecule has 0 saturated heterocycles. The molecule has 2 amide bonds. The minimum Gasteiger partial charge on any atom is -0.492 e. The van der Waals surface area contributed by atoms with Crippen LogP contribution in [0, 0.1) is 0 Å². The zero-order valence-corrected chi connectivity index (χ0v) is 16.2. The molecule has 29 heavy (non-hydrogen) atoms. The summed E-state index contributed by atoms with van der Waals surface area (Å²) in [5, 5.41) is 11.2. The molecule has 0 fully saturated rings. The number of benzene rings is 1. The van der Waals surface area contributed by atoms with Gasteiger partial charge >= 0.3 is 24.1 Å². The number of aliphatic carboxylic acids is 1. The predicted molar refractivity (Wildman–Crippen MR) is 96.8 cm³/mol. The van der Waals surface area contributed by atoms with Gasteiger partial charge in [0.15, 0.2) is 0 Å². The second-order valence-corrected chi connectivity index (χ2v) is 6.87. The average Bonchev–Trinajstić information content (AvgIpc) is 2.57. The number of carbonyl (C=O) groups is 3. The van der Waals surface area contributed by atoms with Crippen LogP contribution in [0.2, 0.25) is 0 Å². The van der Waals surface area contributed by atoms with Crippen molar-refractivity contribution in [3.05, 3.63) is 24.3 Å². The molecule has 1 aromatic rings. The smallest absolute Gasteiger partial charge is 0.471 e. The number of hydrogen-bond donors (Lipinski definition) is 2. The van der Waals surface area contributed by atoms with E-state index < -0.39 is 42.7 Å². The molecule has 0 unspecified atom stereocenters. The highest BCUT2D eigenvalue weighted by Crippen LogP contribution is 2.25. The Kier molecular flexibility index (Phi) is 8.28. The van der Waals surface area contributed by atoms with E-state index in [0.717, 1.165) is 0 Å². The van der Waals surface area contributed by atoms with Crippen molar-refractivity contribution in [3.63, 3.8) is 0 Å². The van der Waals surface area contributed by atoms with E-state index in [9.17, 15) is 27.6 Å². The molecular formula is C18H23F3N2O6. The summed E-state index contributed by atoms with van der Waals surface area (Å²) in [5.74, 6) is -3.20. The number of carboxylic acids is 1. The Hall–Kier alpha value is -2.98. The Labute approximate surface area is 165 Å². The second kappa shape index (κ2) is 9.99. The van der Waals surface area contributed by atoms with Gasteiger partial charge in [0.2, 0.25) is 0 Å². The molecule has 0 aliphatic heterocycles. The summed E-state index contributed by atoms with van der Waals surface area (Å²) in [7, 11) is 0. The van der Waals surface area contributed by atoms with Crippen LogP contribution >= 0.6 is 0 Å². The number of carbonyl (C=O) groups excluding carboxylic acids is 2. The highest BCUT2D eigenvalue weighted by atomic mass is 19.4. The maximum Gasteiger partial charge on any atom is 0.471 e. The van der Waals surface area contributed by atoms with Crippen molar-refractivity contribution in [2.45, 2.75) is 39.0 Å². The first kappa shape index (κ1) is 24.1. The number of rotatable bonds is 8. The molecule has 0 saturated carbocycles. The lowest BCUT2D eigenvalue weighted by molar-refractivity contribution is -0.170. The van der Waals surface area contributed by atoms with Gasteiger partial charge < -0.3 is 24.8 Å².